The summed E-state index contributed by atoms with van der Waals surface area (Å²) in [6, 6.07) is 0. The number of unbranched alkanes of at least 4 members (excludes halogenated alkanes) is 21. The van der Waals surface area contributed by atoms with Crippen molar-refractivity contribution in [2.45, 2.75) is 219 Å². The van der Waals surface area contributed by atoms with Gasteiger partial charge in [0.2, 0.25) is 0 Å². The summed E-state index contributed by atoms with van der Waals surface area (Å²) in [5.41, 5.74) is 0. The minimum Gasteiger partial charge on any atom is -0.462 e. The lowest BCUT2D eigenvalue weighted by Crippen LogP contribution is -2.28. The molecule has 0 aromatic carbocycles. The maximum atomic E-state index is 12.2. The van der Waals surface area contributed by atoms with Crippen LogP contribution in [-0.2, 0) is 19.1 Å². The summed E-state index contributed by atoms with van der Waals surface area (Å²) in [4.78, 5) is 24.3. The number of allylic oxidation sites excluding steroid dienone is 12. The molecule has 0 aromatic rings. The van der Waals surface area contributed by atoms with Crippen molar-refractivity contribution >= 4 is 11.9 Å². The predicted octanol–water partition coefficient (Wildman–Crippen LogP) is 14.9. The average Bonchev–Trinajstić information content (AvgIpc) is 3.19. The molecule has 0 aliphatic rings. The maximum Gasteiger partial charge on any atom is 0.306 e. The Morgan fingerprint density at radius 3 is 1.20 bits per heavy atom. The molecule has 0 radical (unpaired) electrons. The molecule has 55 heavy (non-hydrogen) atoms. The van der Waals surface area contributed by atoms with Gasteiger partial charge in [-0.2, -0.15) is 0 Å². The molecule has 1 N–H and O–H groups in total. The molecule has 0 aliphatic heterocycles. The molecule has 0 heterocycles. The first kappa shape index (κ1) is 52.3. The van der Waals surface area contributed by atoms with Crippen molar-refractivity contribution in [3.63, 3.8) is 0 Å². The van der Waals surface area contributed by atoms with Gasteiger partial charge in [0.15, 0.2) is 6.10 Å². The third-order valence-electron chi connectivity index (χ3n) is 9.73. The summed E-state index contributed by atoms with van der Waals surface area (Å²) >= 11 is 0. The molecule has 0 saturated carbocycles. The Morgan fingerprint density at radius 2 is 0.782 bits per heavy atom. The zero-order chi connectivity index (χ0) is 40.0. The van der Waals surface area contributed by atoms with Crippen LogP contribution in [0.15, 0.2) is 72.9 Å². The van der Waals surface area contributed by atoms with Gasteiger partial charge in [-0.1, -0.05) is 189 Å². The first-order valence-corrected chi connectivity index (χ1v) is 23.0. The van der Waals surface area contributed by atoms with Gasteiger partial charge >= 0.3 is 11.9 Å². The second kappa shape index (κ2) is 45.7. The minimum atomic E-state index is -0.777. The van der Waals surface area contributed by atoms with Gasteiger partial charge < -0.3 is 14.6 Å². The molecule has 0 aliphatic carbocycles. The Hall–Kier alpha value is -2.66. The summed E-state index contributed by atoms with van der Waals surface area (Å²) in [6.45, 7) is 3.99. The van der Waals surface area contributed by atoms with E-state index in [2.05, 4.69) is 86.8 Å². The molecular formula is C50H86O5. The third kappa shape index (κ3) is 43.9. The maximum absolute atomic E-state index is 12.2. The summed E-state index contributed by atoms with van der Waals surface area (Å²) in [5.74, 6) is -0.603. The molecule has 1 unspecified atom stereocenters. The van der Waals surface area contributed by atoms with Gasteiger partial charge in [0, 0.05) is 12.8 Å². The van der Waals surface area contributed by atoms with Crippen molar-refractivity contribution in [2.24, 2.45) is 0 Å². The summed E-state index contributed by atoms with van der Waals surface area (Å²) in [6.07, 6.45) is 61.3. The Morgan fingerprint density at radius 1 is 0.436 bits per heavy atom. The zero-order valence-electron chi connectivity index (χ0n) is 35.9. The van der Waals surface area contributed by atoms with Crippen molar-refractivity contribution in [3.8, 4) is 0 Å². The second-order valence-electron chi connectivity index (χ2n) is 15.1. The highest BCUT2D eigenvalue weighted by Crippen LogP contribution is 2.14. The van der Waals surface area contributed by atoms with E-state index in [0.717, 1.165) is 77.0 Å². The molecular weight excluding hydrogens is 681 g/mol. The van der Waals surface area contributed by atoms with Gasteiger partial charge in [-0.05, 0) is 83.5 Å². The summed E-state index contributed by atoms with van der Waals surface area (Å²) in [7, 11) is 0. The van der Waals surface area contributed by atoms with Crippen LogP contribution >= 0.6 is 0 Å². The highest BCUT2D eigenvalue weighted by molar-refractivity contribution is 5.70. The molecule has 0 saturated heterocycles. The molecule has 0 bridgehead atoms. The van der Waals surface area contributed by atoms with Crippen molar-refractivity contribution in [1.82, 2.24) is 0 Å². The van der Waals surface area contributed by atoms with Crippen LogP contribution in [0.5, 0.6) is 0 Å². The molecule has 316 valence electrons. The van der Waals surface area contributed by atoms with Gasteiger partial charge in [0.25, 0.3) is 0 Å². The van der Waals surface area contributed by atoms with Crippen LogP contribution in [0.2, 0.25) is 0 Å². The molecule has 0 fully saturated rings. The van der Waals surface area contributed by atoms with Crippen molar-refractivity contribution in [3.05, 3.63) is 72.9 Å². The number of esters is 2. The standard InChI is InChI=1S/C50H86O5/c1-3-5-7-9-11-13-15-17-18-19-20-21-22-23-24-25-26-27-28-29-30-31-32-33-35-37-39-41-43-45-50(53)55-48(46-51)47-54-49(52)44-42-40-38-36-34-16-14-12-10-8-6-4-2/h5,7,11-14,17-18,20-21,23-24,48,51H,3-4,6,8-10,15-16,19,22,25-47H2,1-2H3/b7-5-,13-11-,14-12-,18-17-,21-20-,24-23-. The first-order valence-electron chi connectivity index (χ1n) is 23.0. The zero-order valence-corrected chi connectivity index (χ0v) is 35.9. The molecule has 5 heteroatoms. The summed E-state index contributed by atoms with van der Waals surface area (Å²) < 4.78 is 10.6. The Balaban J connectivity index is 3.51. The number of aliphatic hydroxyl groups excluding tert-OH is 1. The lowest BCUT2D eigenvalue weighted by molar-refractivity contribution is -0.161. The molecule has 0 amide bonds. The van der Waals surface area contributed by atoms with Crippen LogP contribution in [0.1, 0.15) is 213 Å². The smallest absolute Gasteiger partial charge is 0.306 e. The van der Waals surface area contributed by atoms with E-state index >= 15 is 0 Å². The molecule has 0 aromatic heterocycles. The van der Waals surface area contributed by atoms with E-state index in [9.17, 15) is 14.7 Å². The highest BCUT2D eigenvalue weighted by atomic mass is 16.6. The monoisotopic (exact) mass is 767 g/mol. The van der Waals surface area contributed by atoms with Crippen LogP contribution in [0.25, 0.3) is 0 Å². The van der Waals surface area contributed by atoms with E-state index in [1.165, 1.54) is 109 Å². The van der Waals surface area contributed by atoms with Crippen molar-refractivity contribution < 1.29 is 24.2 Å². The topological polar surface area (TPSA) is 72.8 Å². The number of aliphatic hydroxyl groups is 1. The van der Waals surface area contributed by atoms with Crippen molar-refractivity contribution in [1.29, 1.82) is 0 Å². The van der Waals surface area contributed by atoms with Crippen LogP contribution < -0.4 is 0 Å². The van der Waals surface area contributed by atoms with Crippen molar-refractivity contribution in [2.75, 3.05) is 13.2 Å². The normalized spacial score (nSPS) is 12.9. The van der Waals surface area contributed by atoms with Crippen LogP contribution in [-0.4, -0.2) is 36.4 Å². The first-order chi connectivity index (χ1) is 27.1. The third-order valence-corrected chi connectivity index (χ3v) is 9.73. The van der Waals surface area contributed by atoms with Crippen LogP contribution in [0.4, 0.5) is 0 Å². The Kier molecular flexibility index (Phi) is 43.5. The highest BCUT2D eigenvalue weighted by Gasteiger charge is 2.16. The van der Waals surface area contributed by atoms with Gasteiger partial charge in [-0.25, -0.2) is 0 Å². The largest absolute Gasteiger partial charge is 0.462 e. The lowest BCUT2D eigenvalue weighted by atomic mass is 10.0. The SMILES string of the molecule is CC/C=C\C/C=C\C/C=C\C/C=C\C/C=C\CCCCCCCCCCCCCCCC(=O)OC(CO)COC(=O)CCCCCCC/C=C\CCCCC. The molecule has 0 spiro atoms. The number of carbonyl (C=O) groups is 2. The average molecular weight is 767 g/mol. The predicted molar refractivity (Wildman–Crippen MR) is 237 cm³/mol. The van der Waals surface area contributed by atoms with Gasteiger partial charge in [-0.15, -0.1) is 0 Å². The molecule has 1 atom stereocenters. The fraction of sp³-hybridized carbons (Fsp3) is 0.720. The fourth-order valence-electron chi connectivity index (χ4n) is 6.28. The van der Waals surface area contributed by atoms with Crippen LogP contribution in [0.3, 0.4) is 0 Å². The number of rotatable bonds is 41. The number of carbonyl (C=O) groups excluding carboxylic acids is 2. The lowest BCUT2D eigenvalue weighted by Gasteiger charge is -2.15. The Labute approximate surface area is 340 Å². The molecule has 5 nitrogen and oxygen atoms in total. The van der Waals surface area contributed by atoms with E-state index < -0.39 is 6.10 Å². The quantitative estimate of drug-likeness (QED) is 0.0381. The number of hydrogen-bond donors (Lipinski definition) is 1. The van der Waals surface area contributed by atoms with E-state index in [4.69, 9.17) is 9.47 Å². The van der Waals surface area contributed by atoms with E-state index in [1.807, 2.05) is 0 Å². The molecule has 0 rings (SSSR count). The van der Waals surface area contributed by atoms with Gasteiger partial charge in [0.1, 0.15) is 6.61 Å². The Bertz CT molecular complexity index is 1000. The van der Waals surface area contributed by atoms with E-state index in [-0.39, 0.29) is 25.2 Å². The van der Waals surface area contributed by atoms with Gasteiger partial charge in [-0.3, -0.25) is 9.59 Å². The number of hydrogen-bond acceptors (Lipinski definition) is 5. The minimum absolute atomic E-state index is 0.0720. The second-order valence-corrected chi connectivity index (χ2v) is 15.1. The number of ether oxygens (including phenoxy) is 2. The fourth-order valence-corrected chi connectivity index (χ4v) is 6.28. The van der Waals surface area contributed by atoms with Crippen LogP contribution in [0, 0.1) is 0 Å². The van der Waals surface area contributed by atoms with E-state index in [1.54, 1.807) is 0 Å². The van der Waals surface area contributed by atoms with Gasteiger partial charge in [0.05, 0.1) is 6.61 Å². The summed E-state index contributed by atoms with van der Waals surface area (Å²) in [5, 5.41) is 9.58. The van der Waals surface area contributed by atoms with E-state index in [0.29, 0.717) is 12.8 Å².